The van der Waals surface area contributed by atoms with E-state index >= 15 is 0 Å². The Balaban J connectivity index is 2.41. The lowest BCUT2D eigenvalue weighted by atomic mass is 10.2. The van der Waals surface area contributed by atoms with Crippen molar-refractivity contribution < 1.29 is 9.53 Å². The van der Waals surface area contributed by atoms with Crippen LogP contribution in [0, 0.1) is 6.92 Å². The summed E-state index contributed by atoms with van der Waals surface area (Å²) in [4.78, 5) is 13.3. The van der Waals surface area contributed by atoms with Crippen molar-refractivity contribution in [2.24, 2.45) is 0 Å². The third kappa shape index (κ3) is 4.61. The van der Waals surface area contributed by atoms with Crippen molar-refractivity contribution >= 4 is 5.97 Å². The monoisotopic (exact) mass is 207 g/mol. The van der Waals surface area contributed by atoms with Crippen LogP contribution in [-0.4, -0.2) is 31.5 Å². The molecule has 0 radical (unpaired) electrons. The van der Waals surface area contributed by atoms with Gasteiger partial charge in [0.25, 0.3) is 0 Å². The first-order valence-electron chi connectivity index (χ1n) is 5.00. The molecule has 0 atom stereocenters. The molecule has 0 aliphatic carbocycles. The predicted octanol–water partition coefficient (Wildman–Crippen LogP) is 1.85. The normalized spacial score (nSPS) is 10.4. The number of ether oxygens (including phenoxy) is 1. The second kappa shape index (κ2) is 5.51. The summed E-state index contributed by atoms with van der Waals surface area (Å²) < 4.78 is 5.15. The first-order valence-corrected chi connectivity index (χ1v) is 5.00. The molecule has 1 aromatic rings. The zero-order chi connectivity index (χ0) is 11.3. The van der Waals surface area contributed by atoms with E-state index in [1.54, 1.807) is 0 Å². The van der Waals surface area contributed by atoms with Crippen molar-refractivity contribution in [3.8, 4) is 5.75 Å². The van der Waals surface area contributed by atoms with Gasteiger partial charge < -0.3 is 9.64 Å². The topological polar surface area (TPSA) is 29.5 Å². The molecule has 0 unspecified atom stereocenters. The first kappa shape index (κ1) is 11.7. The van der Waals surface area contributed by atoms with Gasteiger partial charge in [0.05, 0.1) is 6.42 Å². The van der Waals surface area contributed by atoms with Crippen molar-refractivity contribution in [2.75, 3.05) is 20.6 Å². The lowest BCUT2D eigenvalue weighted by molar-refractivity contribution is -0.134. The van der Waals surface area contributed by atoms with Crippen LogP contribution in [0.15, 0.2) is 24.3 Å². The molecule has 3 nitrogen and oxygen atoms in total. The van der Waals surface area contributed by atoms with Crippen LogP contribution < -0.4 is 4.74 Å². The van der Waals surface area contributed by atoms with Crippen LogP contribution in [0.1, 0.15) is 12.0 Å². The van der Waals surface area contributed by atoms with E-state index in [4.69, 9.17) is 4.74 Å². The summed E-state index contributed by atoms with van der Waals surface area (Å²) in [5.74, 6) is 0.428. The van der Waals surface area contributed by atoms with Crippen molar-refractivity contribution in [3.63, 3.8) is 0 Å². The maximum Gasteiger partial charge on any atom is 0.312 e. The molecule has 1 aromatic carbocycles. The molecule has 0 saturated heterocycles. The molecular formula is C12H17NO2. The average Bonchev–Trinajstić information content (AvgIpc) is 2.19. The van der Waals surface area contributed by atoms with Crippen LogP contribution in [0.4, 0.5) is 0 Å². The molecule has 1 rings (SSSR count). The summed E-state index contributed by atoms with van der Waals surface area (Å²) in [6.07, 6.45) is 0.418. The smallest absolute Gasteiger partial charge is 0.312 e. The molecule has 0 saturated carbocycles. The fourth-order valence-corrected chi connectivity index (χ4v) is 1.10. The second-order valence-corrected chi connectivity index (χ2v) is 3.84. The van der Waals surface area contributed by atoms with Gasteiger partial charge in [-0.25, -0.2) is 0 Å². The largest absolute Gasteiger partial charge is 0.426 e. The minimum Gasteiger partial charge on any atom is -0.426 e. The van der Waals surface area contributed by atoms with Crippen LogP contribution in [0.2, 0.25) is 0 Å². The minimum absolute atomic E-state index is 0.187. The van der Waals surface area contributed by atoms with Crippen LogP contribution in [-0.2, 0) is 4.79 Å². The van der Waals surface area contributed by atoms with Gasteiger partial charge in [0.1, 0.15) is 5.75 Å². The summed E-state index contributed by atoms with van der Waals surface area (Å²) in [6.45, 7) is 2.71. The molecule has 0 aliphatic rings. The predicted molar refractivity (Wildman–Crippen MR) is 60.0 cm³/mol. The van der Waals surface area contributed by atoms with Crippen molar-refractivity contribution in [1.82, 2.24) is 4.90 Å². The number of nitrogens with zero attached hydrogens (tertiary/aromatic N) is 1. The highest BCUT2D eigenvalue weighted by atomic mass is 16.5. The summed E-state index contributed by atoms with van der Waals surface area (Å²) >= 11 is 0. The van der Waals surface area contributed by atoms with Crippen LogP contribution in [0.5, 0.6) is 5.75 Å². The van der Waals surface area contributed by atoms with E-state index in [9.17, 15) is 4.79 Å². The third-order valence-electron chi connectivity index (χ3n) is 2.02. The van der Waals surface area contributed by atoms with Gasteiger partial charge in [-0.3, -0.25) is 4.79 Å². The second-order valence-electron chi connectivity index (χ2n) is 3.84. The summed E-state index contributed by atoms with van der Waals surface area (Å²) in [7, 11) is 3.86. The van der Waals surface area contributed by atoms with E-state index in [0.717, 1.165) is 5.56 Å². The number of benzene rings is 1. The van der Waals surface area contributed by atoms with Crippen LogP contribution >= 0.6 is 0 Å². The number of hydrogen-bond acceptors (Lipinski definition) is 3. The highest BCUT2D eigenvalue weighted by Crippen LogP contribution is 2.11. The van der Waals surface area contributed by atoms with Gasteiger partial charge in [0, 0.05) is 6.54 Å². The van der Waals surface area contributed by atoms with E-state index in [-0.39, 0.29) is 5.97 Å². The number of rotatable bonds is 4. The fourth-order valence-electron chi connectivity index (χ4n) is 1.10. The summed E-state index contributed by atoms with van der Waals surface area (Å²) in [5.41, 5.74) is 1.16. The Hall–Kier alpha value is -1.35. The minimum atomic E-state index is -0.187. The first-order chi connectivity index (χ1) is 7.08. The Labute approximate surface area is 90.7 Å². The third-order valence-corrected chi connectivity index (χ3v) is 2.02. The lowest BCUT2D eigenvalue weighted by Gasteiger charge is -2.08. The van der Waals surface area contributed by atoms with Crippen LogP contribution in [0.3, 0.4) is 0 Å². The molecule has 82 valence electrons. The van der Waals surface area contributed by atoms with Gasteiger partial charge in [-0.05, 0) is 33.2 Å². The van der Waals surface area contributed by atoms with Gasteiger partial charge in [-0.2, -0.15) is 0 Å². The maximum atomic E-state index is 11.4. The zero-order valence-corrected chi connectivity index (χ0v) is 9.49. The Bertz CT molecular complexity index is 317. The van der Waals surface area contributed by atoms with Crippen molar-refractivity contribution in [3.05, 3.63) is 29.8 Å². The molecule has 0 heterocycles. The van der Waals surface area contributed by atoms with E-state index in [2.05, 4.69) is 0 Å². The van der Waals surface area contributed by atoms with Gasteiger partial charge in [0.15, 0.2) is 0 Å². The fraction of sp³-hybridized carbons (Fsp3) is 0.417. The standard InChI is InChI=1S/C12H17NO2/c1-10-4-6-11(7-5-10)15-12(14)8-9-13(2)3/h4-7H,8-9H2,1-3H3. The van der Waals surface area contributed by atoms with Crippen LogP contribution in [0.25, 0.3) is 0 Å². The molecule has 15 heavy (non-hydrogen) atoms. The SMILES string of the molecule is Cc1ccc(OC(=O)CCN(C)C)cc1. The highest BCUT2D eigenvalue weighted by molar-refractivity contribution is 5.72. The number of carbonyl (C=O) groups is 1. The lowest BCUT2D eigenvalue weighted by Crippen LogP contribution is -2.19. The van der Waals surface area contributed by atoms with E-state index < -0.39 is 0 Å². The number of aryl methyl sites for hydroxylation is 1. The van der Waals surface area contributed by atoms with Gasteiger partial charge in [0.2, 0.25) is 0 Å². The number of esters is 1. The van der Waals surface area contributed by atoms with Crippen molar-refractivity contribution in [1.29, 1.82) is 0 Å². The Morgan fingerprint density at radius 3 is 2.40 bits per heavy atom. The quantitative estimate of drug-likeness (QED) is 0.557. The average molecular weight is 207 g/mol. The Kier molecular flexibility index (Phi) is 4.31. The summed E-state index contributed by atoms with van der Waals surface area (Å²) in [6, 6.07) is 7.47. The molecule has 0 spiro atoms. The van der Waals surface area contributed by atoms with E-state index in [1.807, 2.05) is 50.2 Å². The molecule has 3 heteroatoms. The Morgan fingerprint density at radius 1 is 1.27 bits per heavy atom. The van der Waals surface area contributed by atoms with E-state index in [1.165, 1.54) is 0 Å². The summed E-state index contributed by atoms with van der Waals surface area (Å²) in [5, 5.41) is 0. The van der Waals surface area contributed by atoms with Crippen molar-refractivity contribution in [2.45, 2.75) is 13.3 Å². The maximum absolute atomic E-state index is 11.4. The Morgan fingerprint density at radius 2 is 1.87 bits per heavy atom. The number of carbonyl (C=O) groups excluding carboxylic acids is 1. The van der Waals surface area contributed by atoms with Gasteiger partial charge in [-0.15, -0.1) is 0 Å². The zero-order valence-electron chi connectivity index (χ0n) is 9.49. The molecule has 0 amide bonds. The van der Waals surface area contributed by atoms with Gasteiger partial charge >= 0.3 is 5.97 Å². The van der Waals surface area contributed by atoms with Gasteiger partial charge in [-0.1, -0.05) is 17.7 Å². The molecule has 0 N–H and O–H groups in total. The molecular weight excluding hydrogens is 190 g/mol. The molecule has 0 bridgehead atoms. The molecule has 0 aliphatic heterocycles. The molecule has 0 fully saturated rings. The van der Waals surface area contributed by atoms with E-state index in [0.29, 0.717) is 18.7 Å². The molecule has 0 aromatic heterocycles. The highest BCUT2D eigenvalue weighted by Gasteiger charge is 2.04. The number of hydrogen-bond donors (Lipinski definition) is 0.